The lowest BCUT2D eigenvalue weighted by Crippen LogP contribution is -2.37. The molecular weight excluding hydrogens is 230 g/mol. The van der Waals surface area contributed by atoms with E-state index in [4.69, 9.17) is 9.84 Å². The van der Waals surface area contributed by atoms with E-state index in [0.29, 0.717) is 25.0 Å². The topological polar surface area (TPSA) is 58.6 Å². The molecule has 1 saturated carbocycles. The molecule has 0 unspecified atom stereocenters. The van der Waals surface area contributed by atoms with Crippen molar-refractivity contribution in [3.8, 4) is 0 Å². The van der Waals surface area contributed by atoms with Gasteiger partial charge in [0.25, 0.3) is 0 Å². The van der Waals surface area contributed by atoms with Crippen LogP contribution in [0.3, 0.4) is 0 Å². The van der Waals surface area contributed by atoms with Gasteiger partial charge in [0.2, 0.25) is 5.91 Å². The van der Waals surface area contributed by atoms with Crippen molar-refractivity contribution >= 4 is 5.91 Å². The van der Waals surface area contributed by atoms with Crippen molar-refractivity contribution in [1.82, 2.24) is 5.32 Å². The summed E-state index contributed by atoms with van der Waals surface area (Å²) in [5.74, 6) is 0.603. The molecule has 0 radical (unpaired) electrons. The molecule has 106 valence electrons. The second-order valence-corrected chi connectivity index (χ2v) is 6.18. The Morgan fingerprint density at radius 2 is 1.94 bits per heavy atom. The van der Waals surface area contributed by atoms with Crippen molar-refractivity contribution < 1.29 is 14.6 Å². The molecule has 4 heteroatoms. The summed E-state index contributed by atoms with van der Waals surface area (Å²) in [6.07, 6.45) is 5.29. The molecule has 1 amide bonds. The van der Waals surface area contributed by atoms with E-state index in [9.17, 15) is 4.79 Å². The van der Waals surface area contributed by atoms with Gasteiger partial charge in [-0.25, -0.2) is 0 Å². The van der Waals surface area contributed by atoms with Gasteiger partial charge in [0.05, 0.1) is 6.10 Å². The number of carbonyl (C=O) groups excluding carboxylic acids is 1. The van der Waals surface area contributed by atoms with Crippen LogP contribution >= 0.6 is 0 Å². The summed E-state index contributed by atoms with van der Waals surface area (Å²) in [5.41, 5.74) is -0.233. The molecule has 1 aliphatic carbocycles. The summed E-state index contributed by atoms with van der Waals surface area (Å²) < 4.78 is 5.32. The third-order valence-corrected chi connectivity index (χ3v) is 3.79. The monoisotopic (exact) mass is 257 g/mol. The molecule has 0 saturated heterocycles. The van der Waals surface area contributed by atoms with Crippen molar-refractivity contribution in [2.75, 3.05) is 20.3 Å². The number of methoxy groups -OCH3 is 1. The minimum Gasteiger partial charge on any atom is -0.396 e. The minimum absolute atomic E-state index is 0.0895. The summed E-state index contributed by atoms with van der Waals surface area (Å²) >= 11 is 0. The van der Waals surface area contributed by atoms with E-state index in [1.807, 2.05) is 13.8 Å². The van der Waals surface area contributed by atoms with Crippen LogP contribution in [0.2, 0.25) is 0 Å². The predicted molar refractivity (Wildman–Crippen MR) is 71.2 cm³/mol. The maximum absolute atomic E-state index is 11.8. The van der Waals surface area contributed by atoms with Gasteiger partial charge in [0, 0.05) is 32.1 Å². The molecular formula is C14H27NO3. The zero-order valence-corrected chi connectivity index (χ0v) is 11.9. The number of ether oxygens (including phenoxy) is 1. The van der Waals surface area contributed by atoms with Crippen molar-refractivity contribution in [3.05, 3.63) is 0 Å². The molecule has 2 N–H and O–H groups in total. The first-order valence-corrected chi connectivity index (χ1v) is 6.87. The van der Waals surface area contributed by atoms with Crippen LogP contribution in [0, 0.1) is 11.3 Å². The van der Waals surface area contributed by atoms with Crippen LogP contribution in [-0.2, 0) is 9.53 Å². The average Bonchev–Trinajstić information content (AvgIpc) is 2.37. The van der Waals surface area contributed by atoms with Crippen LogP contribution in [0.5, 0.6) is 0 Å². The van der Waals surface area contributed by atoms with Crippen LogP contribution in [-0.4, -0.2) is 37.4 Å². The highest BCUT2D eigenvalue weighted by Gasteiger charge is 2.23. The number of hydrogen-bond acceptors (Lipinski definition) is 3. The van der Waals surface area contributed by atoms with E-state index >= 15 is 0 Å². The number of hydrogen-bond donors (Lipinski definition) is 2. The van der Waals surface area contributed by atoms with Gasteiger partial charge in [-0.2, -0.15) is 0 Å². The first-order valence-electron chi connectivity index (χ1n) is 6.87. The molecule has 4 nitrogen and oxygen atoms in total. The van der Waals surface area contributed by atoms with Crippen molar-refractivity contribution in [1.29, 1.82) is 0 Å². The largest absolute Gasteiger partial charge is 0.396 e. The fourth-order valence-electron chi connectivity index (χ4n) is 2.30. The van der Waals surface area contributed by atoms with E-state index in [1.54, 1.807) is 7.11 Å². The zero-order chi connectivity index (χ0) is 13.6. The minimum atomic E-state index is -0.233. The number of nitrogens with one attached hydrogen (secondary N) is 1. The Bertz CT molecular complexity index is 258. The van der Waals surface area contributed by atoms with Crippen LogP contribution in [0.25, 0.3) is 0 Å². The summed E-state index contributed by atoms with van der Waals surface area (Å²) in [4.78, 5) is 11.8. The molecule has 0 heterocycles. The van der Waals surface area contributed by atoms with Crippen LogP contribution in [0.1, 0.15) is 46.0 Å². The maximum atomic E-state index is 11.8. The van der Waals surface area contributed by atoms with Crippen molar-refractivity contribution in [2.45, 2.75) is 52.1 Å². The zero-order valence-electron chi connectivity index (χ0n) is 11.9. The second-order valence-electron chi connectivity index (χ2n) is 6.18. The SMILES string of the molecule is COC1CCC(CC(=O)NCC(C)(C)CO)CC1. The summed E-state index contributed by atoms with van der Waals surface area (Å²) in [6, 6.07) is 0. The number of aliphatic hydroxyl groups is 1. The number of amides is 1. The van der Waals surface area contributed by atoms with Gasteiger partial charge in [0.1, 0.15) is 0 Å². The fourth-order valence-corrected chi connectivity index (χ4v) is 2.30. The molecule has 18 heavy (non-hydrogen) atoms. The Hall–Kier alpha value is -0.610. The molecule has 0 bridgehead atoms. The maximum Gasteiger partial charge on any atom is 0.220 e. The highest BCUT2D eigenvalue weighted by atomic mass is 16.5. The number of carbonyl (C=O) groups is 1. The van der Waals surface area contributed by atoms with Gasteiger partial charge in [-0.1, -0.05) is 13.8 Å². The summed E-state index contributed by atoms with van der Waals surface area (Å²) in [5, 5.41) is 12.0. The Morgan fingerprint density at radius 1 is 1.33 bits per heavy atom. The lowest BCUT2D eigenvalue weighted by molar-refractivity contribution is -0.123. The lowest BCUT2D eigenvalue weighted by atomic mass is 9.85. The Labute approximate surface area is 110 Å². The van der Waals surface area contributed by atoms with E-state index in [-0.39, 0.29) is 17.9 Å². The van der Waals surface area contributed by atoms with Crippen molar-refractivity contribution in [3.63, 3.8) is 0 Å². The molecule has 1 aliphatic rings. The Morgan fingerprint density at radius 3 is 2.44 bits per heavy atom. The Balaban J connectivity index is 2.21. The third-order valence-electron chi connectivity index (χ3n) is 3.79. The smallest absolute Gasteiger partial charge is 0.220 e. The van der Waals surface area contributed by atoms with E-state index in [2.05, 4.69) is 5.32 Å². The second kappa shape index (κ2) is 7.10. The van der Waals surface area contributed by atoms with E-state index in [1.165, 1.54) is 0 Å². The van der Waals surface area contributed by atoms with Crippen LogP contribution in [0.15, 0.2) is 0 Å². The van der Waals surface area contributed by atoms with Gasteiger partial charge in [-0.05, 0) is 31.6 Å². The third kappa shape index (κ3) is 5.36. The Kier molecular flexibility index (Phi) is 6.09. The first-order chi connectivity index (χ1) is 8.46. The quantitative estimate of drug-likeness (QED) is 0.761. The summed E-state index contributed by atoms with van der Waals surface area (Å²) in [7, 11) is 1.76. The van der Waals surface area contributed by atoms with Crippen LogP contribution in [0.4, 0.5) is 0 Å². The van der Waals surface area contributed by atoms with Gasteiger partial charge in [0.15, 0.2) is 0 Å². The number of rotatable bonds is 6. The normalized spacial score (nSPS) is 24.9. The molecule has 0 aliphatic heterocycles. The molecule has 0 aromatic carbocycles. The van der Waals surface area contributed by atoms with Crippen LogP contribution < -0.4 is 5.32 Å². The molecule has 0 spiro atoms. The number of aliphatic hydroxyl groups excluding tert-OH is 1. The molecule has 0 atom stereocenters. The lowest BCUT2D eigenvalue weighted by Gasteiger charge is -2.28. The molecule has 0 aromatic heterocycles. The van der Waals surface area contributed by atoms with Crippen molar-refractivity contribution in [2.24, 2.45) is 11.3 Å². The van der Waals surface area contributed by atoms with Gasteiger partial charge >= 0.3 is 0 Å². The molecule has 0 aromatic rings. The van der Waals surface area contributed by atoms with Gasteiger partial charge < -0.3 is 15.2 Å². The predicted octanol–water partition coefficient (Wildman–Crippen LogP) is 1.72. The highest BCUT2D eigenvalue weighted by molar-refractivity contribution is 5.76. The average molecular weight is 257 g/mol. The first kappa shape index (κ1) is 15.4. The molecule has 1 rings (SSSR count). The van der Waals surface area contributed by atoms with E-state index in [0.717, 1.165) is 25.7 Å². The van der Waals surface area contributed by atoms with Gasteiger partial charge in [-0.3, -0.25) is 4.79 Å². The molecule has 1 fully saturated rings. The fraction of sp³-hybridized carbons (Fsp3) is 0.929. The standard InChI is InChI=1S/C14H27NO3/c1-14(2,10-16)9-15-13(17)8-11-4-6-12(18-3)7-5-11/h11-12,16H,4-10H2,1-3H3,(H,15,17). The summed E-state index contributed by atoms with van der Waals surface area (Å²) in [6.45, 7) is 4.51. The van der Waals surface area contributed by atoms with E-state index < -0.39 is 0 Å². The highest BCUT2D eigenvalue weighted by Crippen LogP contribution is 2.28. The van der Waals surface area contributed by atoms with Gasteiger partial charge in [-0.15, -0.1) is 0 Å².